The van der Waals surface area contributed by atoms with Crippen LogP contribution in [0.1, 0.15) is 26.4 Å². The number of carbonyl (C=O) groups is 1. The molecule has 3 heterocycles. The van der Waals surface area contributed by atoms with Crippen LogP contribution in [-0.2, 0) is 29.7 Å². The van der Waals surface area contributed by atoms with Crippen molar-refractivity contribution in [3.63, 3.8) is 0 Å². The molecule has 35 heavy (non-hydrogen) atoms. The van der Waals surface area contributed by atoms with Crippen LogP contribution in [0, 0.1) is 0 Å². The second-order valence-electron chi connectivity index (χ2n) is 8.21. The minimum absolute atomic E-state index is 0.208. The van der Waals surface area contributed by atoms with Gasteiger partial charge in [0, 0.05) is 28.6 Å². The van der Waals surface area contributed by atoms with E-state index in [1.165, 1.54) is 0 Å². The van der Waals surface area contributed by atoms with Gasteiger partial charge in [0.15, 0.2) is 5.75 Å². The molecule has 1 aliphatic heterocycles. The van der Waals surface area contributed by atoms with E-state index in [0.29, 0.717) is 40.0 Å². The first kappa shape index (κ1) is 23.1. The minimum Gasteiger partial charge on any atom is -0.497 e. The first-order valence-electron chi connectivity index (χ1n) is 10.8. The third kappa shape index (κ3) is 4.67. The Balaban J connectivity index is 1.62. The van der Waals surface area contributed by atoms with Gasteiger partial charge >= 0.3 is 0 Å². The van der Waals surface area contributed by atoms with Crippen molar-refractivity contribution in [1.29, 1.82) is 0 Å². The SMILES string of the molecule is COc1ccc(COc2c3c(c(NS(C)(=O)=O)c4cccnc24)CN(Cc2cccs2)C3=O)cc1. The van der Waals surface area contributed by atoms with Crippen molar-refractivity contribution in [2.24, 2.45) is 0 Å². The molecule has 5 rings (SSSR count). The van der Waals surface area contributed by atoms with Crippen LogP contribution < -0.4 is 14.2 Å². The fourth-order valence-corrected chi connectivity index (χ4v) is 5.50. The summed E-state index contributed by atoms with van der Waals surface area (Å²) in [6, 6.07) is 14.9. The molecule has 0 bridgehead atoms. The Bertz CT molecular complexity index is 1500. The number of nitrogens with one attached hydrogen (secondary N) is 1. The number of benzene rings is 2. The standard InChI is InChI=1S/C25H23N3O5S2/c1-32-17-9-7-16(8-10-17)15-33-24-21-20(14-28(25(21)29)13-18-5-4-12-34-18)22(27-35(2,30)31)19-6-3-11-26-23(19)24/h3-12,27H,13-15H2,1-2H3. The molecule has 0 unspecified atom stereocenters. The Kier molecular flexibility index (Phi) is 6.08. The monoisotopic (exact) mass is 509 g/mol. The number of aromatic nitrogens is 1. The molecule has 0 saturated carbocycles. The topological polar surface area (TPSA) is 97.8 Å². The molecule has 0 fully saturated rings. The molecule has 1 amide bonds. The summed E-state index contributed by atoms with van der Waals surface area (Å²) in [5, 5.41) is 2.54. The largest absolute Gasteiger partial charge is 0.497 e. The number of rotatable bonds is 8. The highest BCUT2D eigenvalue weighted by Crippen LogP contribution is 2.44. The van der Waals surface area contributed by atoms with Gasteiger partial charge in [-0.1, -0.05) is 18.2 Å². The lowest BCUT2D eigenvalue weighted by Gasteiger charge is -2.17. The fourth-order valence-electron chi connectivity index (χ4n) is 4.17. The molecule has 0 saturated heterocycles. The Morgan fingerprint density at radius 1 is 1.14 bits per heavy atom. The number of anilines is 1. The minimum atomic E-state index is -3.61. The van der Waals surface area contributed by atoms with Gasteiger partial charge < -0.3 is 14.4 Å². The lowest BCUT2D eigenvalue weighted by molar-refractivity contribution is 0.0765. The van der Waals surface area contributed by atoms with Crippen molar-refractivity contribution in [1.82, 2.24) is 9.88 Å². The van der Waals surface area contributed by atoms with E-state index in [1.807, 2.05) is 41.8 Å². The lowest BCUT2D eigenvalue weighted by Crippen LogP contribution is -2.23. The highest BCUT2D eigenvalue weighted by molar-refractivity contribution is 7.92. The fraction of sp³-hybridized carbons (Fsp3) is 0.200. The smallest absolute Gasteiger partial charge is 0.258 e. The van der Waals surface area contributed by atoms with Gasteiger partial charge in [0.25, 0.3) is 5.91 Å². The second-order valence-corrected chi connectivity index (χ2v) is 11.0. The van der Waals surface area contributed by atoms with E-state index >= 15 is 0 Å². The van der Waals surface area contributed by atoms with Crippen LogP contribution in [0.25, 0.3) is 10.9 Å². The van der Waals surface area contributed by atoms with Crippen LogP contribution >= 0.6 is 11.3 Å². The number of thiophene rings is 1. The third-order valence-corrected chi connectivity index (χ3v) is 7.17. The normalized spacial score (nSPS) is 13.2. The molecule has 2 aromatic heterocycles. The summed E-state index contributed by atoms with van der Waals surface area (Å²) in [6.07, 6.45) is 2.69. The first-order chi connectivity index (χ1) is 16.8. The first-order valence-corrected chi connectivity index (χ1v) is 13.6. The van der Waals surface area contributed by atoms with Gasteiger partial charge in [-0.15, -0.1) is 11.3 Å². The zero-order valence-electron chi connectivity index (χ0n) is 19.1. The molecule has 0 atom stereocenters. The maximum Gasteiger partial charge on any atom is 0.258 e. The summed E-state index contributed by atoms with van der Waals surface area (Å²) in [4.78, 5) is 20.8. The van der Waals surface area contributed by atoms with Crippen LogP contribution in [0.3, 0.4) is 0 Å². The maximum absolute atomic E-state index is 13.6. The summed E-state index contributed by atoms with van der Waals surface area (Å²) >= 11 is 1.56. The molecule has 1 aliphatic rings. The lowest BCUT2D eigenvalue weighted by atomic mass is 10.0. The predicted octanol–water partition coefficient (Wildman–Crippen LogP) is 4.41. The number of pyridine rings is 1. The van der Waals surface area contributed by atoms with Gasteiger partial charge in [-0.25, -0.2) is 8.42 Å². The summed E-state index contributed by atoms with van der Waals surface area (Å²) in [7, 11) is -2.00. The van der Waals surface area contributed by atoms with E-state index in [-0.39, 0.29) is 19.1 Å². The Morgan fingerprint density at radius 2 is 1.94 bits per heavy atom. The average Bonchev–Trinajstić information content (AvgIpc) is 3.47. The van der Waals surface area contributed by atoms with Crippen molar-refractivity contribution in [3.8, 4) is 11.5 Å². The van der Waals surface area contributed by atoms with Gasteiger partial charge in [0.1, 0.15) is 17.9 Å². The molecule has 0 radical (unpaired) electrons. The van der Waals surface area contributed by atoms with E-state index in [4.69, 9.17) is 9.47 Å². The molecule has 180 valence electrons. The molecule has 1 N–H and O–H groups in total. The average molecular weight is 510 g/mol. The van der Waals surface area contributed by atoms with Crippen molar-refractivity contribution in [2.45, 2.75) is 19.7 Å². The van der Waals surface area contributed by atoms with Gasteiger partial charge in [0.05, 0.1) is 31.2 Å². The molecule has 0 aliphatic carbocycles. The molecule has 2 aromatic carbocycles. The van der Waals surface area contributed by atoms with Crippen LogP contribution in [0.4, 0.5) is 5.69 Å². The van der Waals surface area contributed by atoms with Gasteiger partial charge in [0.2, 0.25) is 10.0 Å². The number of hydrogen-bond acceptors (Lipinski definition) is 7. The maximum atomic E-state index is 13.6. The second kappa shape index (κ2) is 9.20. The van der Waals surface area contributed by atoms with E-state index in [0.717, 1.165) is 22.4 Å². The zero-order valence-corrected chi connectivity index (χ0v) is 20.8. The predicted molar refractivity (Wildman–Crippen MR) is 135 cm³/mol. The molecule has 0 spiro atoms. The Morgan fingerprint density at radius 3 is 2.63 bits per heavy atom. The van der Waals surface area contributed by atoms with E-state index in [9.17, 15) is 13.2 Å². The number of ether oxygens (including phenoxy) is 2. The molecule has 8 nitrogen and oxygen atoms in total. The summed E-state index contributed by atoms with van der Waals surface area (Å²) < 4.78 is 38.6. The molecular formula is C25H23N3O5S2. The quantitative estimate of drug-likeness (QED) is 0.378. The third-order valence-electron chi connectivity index (χ3n) is 5.73. The molecular weight excluding hydrogens is 486 g/mol. The van der Waals surface area contributed by atoms with Crippen molar-refractivity contribution in [2.75, 3.05) is 18.1 Å². The van der Waals surface area contributed by atoms with Gasteiger partial charge in [-0.2, -0.15) is 0 Å². The number of methoxy groups -OCH3 is 1. The van der Waals surface area contributed by atoms with Crippen LogP contribution in [0.15, 0.2) is 60.1 Å². The molecule has 4 aromatic rings. The number of hydrogen-bond donors (Lipinski definition) is 1. The van der Waals surface area contributed by atoms with E-state index in [1.54, 1.807) is 41.7 Å². The van der Waals surface area contributed by atoms with Gasteiger partial charge in [-0.05, 0) is 41.3 Å². The van der Waals surface area contributed by atoms with Crippen molar-refractivity contribution < 1.29 is 22.7 Å². The van der Waals surface area contributed by atoms with E-state index < -0.39 is 10.0 Å². The Labute approximate surface area is 207 Å². The number of sulfonamides is 1. The molecule has 10 heteroatoms. The van der Waals surface area contributed by atoms with Crippen LogP contribution in [0.2, 0.25) is 0 Å². The highest BCUT2D eigenvalue weighted by atomic mass is 32.2. The van der Waals surface area contributed by atoms with Crippen molar-refractivity contribution >= 4 is 43.9 Å². The number of nitrogens with zero attached hydrogens (tertiary/aromatic N) is 2. The number of fused-ring (bicyclic) bond motifs is 2. The van der Waals surface area contributed by atoms with Crippen LogP contribution in [-0.4, -0.2) is 37.6 Å². The Hall–Kier alpha value is -3.63. The van der Waals surface area contributed by atoms with Gasteiger partial charge in [-0.3, -0.25) is 14.5 Å². The summed E-state index contributed by atoms with van der Waals surface area (Å²) in [5.41, 5.74) is 2.61. The van der Waals surface area contributed by atoms with Crippen molar-refractivity contribution in [3.05, 3.63) is 81.7 Å². The summed E-state index contributed by atoms with van der Waals surface area (Å²) in [5.74, 6) is 0.865. The highest BCUT2D eigenvalue weighted by Gasteiger charge is 2.36. The summed E-state index contributed by atoms with van der Waals surface area (Å²) in [6.45, 7) is 0.887. The number of amides is 1. The van der Waals surface area contributed by atoms with Crippen LogP contribution in [0.5, 0.6) is 11.5 Å². The number of carbonyl (C=O) groups excluding carboxylic acids is 1. The zero-order chi connectivity index (χ0) is 24.6. The van der Waals surface area contributed by atoms with E-state index in [2.05, 4.69) is 9.71 Å².